The predicted octanol–water partition coefficient (Wildman–Crippen LogP) is 2.44. The Kier molecular flexibility index (Phi) is 5.63. The molecule has 0 aliphatic carbocycles. The molecule has 1 unspecified atom stereocenters. The Morgan fingerprint density at radius 1 is 1.56 bits per heavy atom. The van der Waals surface area contributed by atoms with Gasteiger partial charge in [-0.25, -0.2) is 0 Å². The summed E-state index contributed by atoms with van der Waals surface area (Å²) in [7, 11) is 2.07. The van der Waals surface area contributed by atoms with E-state index >= 15 is 0 Å². The van der Waals surface area contributed by atoms with Gasteiger partial charge in [-0.15, -0.1) is 11.3 Å². The van der Waals surface area contributed by atoms with Gasteiger partial charge in [0, 0.05) is 33.9 Å². The fraction of sp³-hybridized carbons (Fsp3) is 0.692. The molecule has 0 bridgehead atoms. The number of piperidine rings is 1. The van der Waals surface area contributed by atoms with Gasteiger partial charge in [-0.1, -0.05) is 0 Å². The Labute approximate surface area is 122 Å². The second-order valence-corrected chi connectivity index (χ2v) is 6.76. The van der Waals surface area contributed by atoms with Crippen LogP contribution in [0, 0.1) is 5.92 Å². The van der Waals surface area contributed by atoms with Crippen LogP contribution in [0.1, 0.15) is 23.8 Å². The van der Waals surface area contributed by atoms with Gasteiger partial charge in [0.05, 0.1) is 0 Å². The first-order valence-electron chi connectivity index (χ1n) is 6.58. The molecule has 0 aromatic carbocycles. The van der Waals surface area contributed by atoms with Gasteiger partial charge in [-0.2, -0.15) is 0 Å². The molecule has 3 nitrogen and oxygen atoms in total. The number of nitrogens with one attached hydrogen (secondary N) is 1. The number of likely N-dealkylation sites (tertiary alicyclic amines) is 1. The number of nitrogens with zero attached hydrogens (tertiary/aromatic N) is 1. The van der Waals surface area contributed by atoms with E-state index < -0.39 is 0 Å². The topological polar surface area (TPSA) is 41.3 Å². The Bertz CT molecular complexity index is 361. The minimum atomic E-state index is 0.501. The van der Waals surface area contributed by atoms with Crippen molar-refractivity contribution in [2.24, 2.45) is 11.7 Å². The van der Waals surface area contributed by atoms with Crippen LogP contribution in [0.2, 0.25) is 0 Å². The summed E-state index contributed by atoms with van der Waals surface area (Å²) in [5.74, 6) is 0.745. The minimum Gasteiger partial charge on any atom is -0.329 e. The van der Waals surface area contributed by atoms with Crippen molar-refractivity contribution in [2.75, 3.05) is 33.2 Å². The summed E-state index contributed by atoms with van der Waals surface area (Å²) >= 11 is 5.39. The number of hydrogen-bond donors (Lipinski definition) is 2. The lowest BCUT2D eigenvalue weighted by molar-refractivity contribution is 0.165. The second kappa shape index (κ2) is 7.01. The van der Waals surface area contributed by atoms with Gasteiger partial charge in [-0.3, -0.25) is 0 Å². The molecule has 5 heteroatoms. The third-order valence-electron chi connectivity index (χ3n) is 3.75. The van der Waals surface area contributed by atoms with Gasteiger partial charge in [-0.05, 0) is 60.9 Å². The molecular formula is C13H22BrN3S. The molecule has 0 spiro atoms. The summed E-state index contributed by atoms with van der Waals surface area (Å²) in [6.45, 7) is 4.19. The fourth-order valence-electron chi connectivity index (χ4n) is 2.79. The molecule has 1 saturated heterocycles. The molecule has 1 aromatic heterocycles. The Balaban J connectivity index is 1.94. The van der Waals surface area contributed by atoms with Gasteiger partial charge in [0.2, 0.25) is 0 Å². The number of thiophene rings is 1. The average Bonchev–Trinajstić information content (AvgIpc) is 2.79. The maximum atomic E-state index is 5.62. The summed E-state index contributed by atoms with van der Waals surface area (Å²) in [5.41, 5.74) is 5.62. The van der Waals surface area contributed by atoms with Crippen molar-refractivity contribution in [3.05, 3.63) is 20.8 Å². The first-order chi connectivity index (χ1) is 8.74. The molecule has 2 heterocycles. The van der Waals surface area contributed by atoms with E-state index in [-0.39, 0.29) is 0 Å². The zero-order valence-electron chi connectivity index (χ0n) is 10.9. The summed E-state index contributed by atoms with van der Waals surface area (Å²) < 4.78 is 1.20. The van der Waals surface area contributed by atoms with E-state index in [1.165, 1.54) is 35.3 Å². The monoisotopic (exact) mass is 331 g/mol. The molecule has 0 amide bonds. The van der Waals surface area contributed by atoms with E-state index in [1.807, 2.05) is 11.3 Å². The molecule has 1 atom stereocenters. The van der Waals surface area contributed by atoms with E-state index in [2.05, 4.69) is 44.6 Å². The lowest BCUT2D eigenvalue weighted by Gasteiger charge is -2.35. The van der Waals surface area contributed by atoms with Crippen molar-refractivity contribution in [3.8, 4) is 0 Å². The van der Waals surface area contributed by atoms with Crippen LogP contribution in [0.25, 0.3) is 0 Å². The predicted molar refractivity (Wildman–Crippen MR) is 82.0 cm³/mol. The van der Waals surface area contributed by atoms with Crippen LogP contribution in [0.15, 0.2) is 15.9 Å². The lowest BCUT2D eigenvalue weighted by Crippen LogP contribution is -2.40. The third-order valence-corrected chi connectivity index (χ3v) is 5.53. The minimum absolute atomic E-state index is 0.501. The van der Waals surface area contributed by atoms with Gasteiger partial charge in [0.15, 0.2) is 0 Å². The lowest BCUT2D eigenvalue weighted by atomic mass is 9.88. The largest absolute Gasteiger partial charge is 0.329 e. The summed E-state index contributed by atoms with van der Waals surface area (Å²) in [4.78, 5) is 3.93. The van der Waals surface area contributed by atoms with Gasteiger partial charge in [0.25, 0.3) is 0 Å². The zero-order chi connectivity index (χ0) is 13.0. The van der Waals surface area contributed by atoms with Crippen molar-refractivity contribution in [1.29, 1.82) is 0 Å². The van der Waals surface area contributed by atoms with E-state index in [4.69, 9.17) is 5.73 Å². The summed E-state index contributed by atoms with van der Waals surface area (Å²) in [5, 5.41) is 5.66. The second-order valence-electron chi connectivity index (χ2n) is 4.90. The zero-order valence-corrected chi connectivity index (χ0v) is 13.3. The van der Waals surface area contributed by atoms with Crippen molar-refractivity contribution in [2.45, 2.75) is 18.9 Å². The molecule has 1 aliphatic heterocycles. The smallest absolute Gasteiger partial charge is 0.0442 e. The van der Waals surface area contributed by atoms with Crippen molar-refractivity contribution in [3.63, 3.8) is 0 Å². The standard InChI is InChI=1S/C13H22BrN3S/c1-16-13(12-8-11(14)9-18-12)10-2-5-17(6-3-10)7-4-15/h8-10,13,16H,2-7,15H2,1H3. The number of nitrogens with two attached hydrogens (primary N) is 1. The summed E-state index contributed by atoms with van der Waals surface area (Å²) in [6.07, 6.45) is 2.53. The van der Waals surface area contributed by atoms with Crippen LogP contribution in [0.4, 0.5) is 0 Å². The Morgan fingerprint density at radius 2 is 2.28 bits per heavy atom. The fourth-order valence-corrected chi connectivity index (χ4v) is 4.44. The van der Waals surface area contributed by atoms with Crippen LogP contribution >= 0.6 is 27.3 Å². The van der Waals surface area contributed by atoms with Crippen LogP contribution in [0.5, 0.6) is 0 Å². The first kappa shape index (κ1) is 14.5. The number of halogens is 1. The molecule has 102 valence electrons. The highest BCUT2D eigenvalue weighted by Crippen LogP contribution is 2.34. The molecule has 0 radical (unpaired) electrons. The van der Waals surface area contributed by atoms with Crippen molar-refractivity contribution in [1.82, 2.24) is 10.2 Å². The van der Waals surface area contributed by atoms with E-state index in [1.54, 1.807) is 0 Å². The molecule has 2 rings (SSSR count). The SMILES string of the molecule is CNC(c1cc(Br)cs1)C1CCN(CCN)CC1. The molecular weight excluding hydrogens is 310 g/mol. The van der Waals surface area contributed by atoms with Crippen molar-refractivity contribution >= 4 is 27.3 Å². The Morgan fingerprint density at radius 3 is 2.78 bits per heavy atom. The van der Waals surface area contributed by atoms with E-state index in [9.17, 15) is 0 Å². The van der Waals surface area contributed by atoms with Crippen molar-refractivity contribution < 1.29 is 0 Å². The first-order valence-corrected chi connectivity index (χ1v) is 8.25. The van der Waals surface area contributed by atoms with Crippen LogP contribution in [-0.4, -0.2) is 38.1 Å². The molecule has 18 heavy (non-hydrogen) atoms. The Hall–Kier alpha value is 0.0600. The highest BCUT2D eigenvalue weighted by atomic mass is 79.9. The van der Waals surface area contributed by atoms with Gasteiger partial charge in [0.1, 0.15) is 0 Å². The van der Waals surface area contributed by atoms with Crippen LogP contribution < -0.4 is 11.1 Å². The van der Waals surface area contributed by atoms with Crippen LogP contribution in [-0.2, 0) is 0 Å². The quantitative estimate of drug-likeness (QED) is 0.870. The molecule has 1 aliphatic rings. The number of rotatable bonds is 5. The maximum absolute atomic E-state index is 5.62. The molecule has 3 N–H and O–H groups in total. The molecule has 0 saturated carbocycles. The van der Waals surface area contributed by atoms with Gasteiger partial charge < -0.3 is 16.0 Å². The highest BCUT2D eigenvalue weighted by Gasteiger charge is 2.27. The summed E-state index contributed by atoms with van der Waals surface area (Å²) in [6, 6.07) is 2.75. The third kappa shape index (κ3) is 3.54. The van der Waals surface area contributed by atoms with E-state index in [0.717, 1.165) is 19.0 Å². The normalized spacial score (nSPS) is 20.2. The van der Waals surface area contributed by atoms with Crippen LogP contribution in [0.3, 0.4) is 0 Å². The van der Waals surface area contributed by atoms with Gasteiger partial charge >= 0.3 is 0 Å². The molecule has 1 fully saturated rings. The van der Waals surface area contributed by atoms with E-state index in [0.29, 0.717) is 6.04 Å². The molecule has 1 aromatic rings. The average molecular weight is 332 g/mol. The maximum Gasteiger partial charge on any atom is 0.0442 e. The highest BCUT2D eigenvalue weighted by molar-refractivity contribution is 9.10. The number of hydrogen-bond acceptors (Lipinski definition) is 4.